The number of Topliss-reactive ketones (excluding diaryl/α,β-unsaturated/α-hetero) is 1. The van der Waals surface area contributed by atoms with Crippen molar-refractivity contribution in [1.82, 2.24) is 0 Å². The predicted molar refractivity (Wildman–Crippen MR) is 60.3 cm³/mol. The van der Waals surface area contributed by atoms with Crippen molar-refractivity contribution in [3.05, 3.63) is 35.9 Å². The molecule has 0 bridgehead atoms. The van der Waals surface area contributed by atoms with Crippen molar-refractivity contribution in [2.45, 2.75) is 20.3 Å². The van der Waals surface area contributed by atoms with Crippen LogP contribution < -0.4 is 0 Å². The maximum Gasteiger partial charge on any atom is 0.334 e. The molecule has 4 nitrogen and oxygen atoms in total. The number of oxime groups is 1. The Kier molecular flexibility index (Phi) is 4.39. The molecule has 0 heterocycles. The van der Waals surface area contributed by atoms with Crippen LogP contribution in [0.5, 0.6) is 0 Å². The third-order valence-corrected chi connectivity index (χ3v) is 1.94. The third kappa shape index (κ3) is 3.31. The summed E-state index contributed by atoms with van der Waals surface area (Å²) in [6.45, 7) is 3.17. The molecule has 16 heavy (non-hydrogen) atoms. The van der Waals surface area contributed by atoms with Crippen molar-refractivity contribution in [2.24, 2.45) is 5.16 Å². The molecule has 0 spiro atoms. The molecule has 4 heteroatoms. The lowest BCUT2D eigenvalue weighted by molar-refractivity contribution is -0.143. The first-order valence-electron chi connectivity index (χ1n) is 4.99. The molecule has 0 aliphatic carbocycles. The Balaban J connectivity index is 2.71. The smallest absolute Gasteiger partial charge is 0.318 e. The van der Waals surface area contributed by atoms with Crippen LogP contribution in [0.15, 0.2) is 35.5 Å². The van der Waals surface area contributed by atoms with Crippen molar-refractivity contribution in [3.8, 4) is 0 Å². The topological polar surface area (TPSA) is 55.7 Å². The summed E-state index contributed by atoms with van der Waals surface area (Å²) in [4.78, 5) is 27.1. The van der Waals surface area contributed by atoms with Crippen molar-refractivity contribution in [2.75, 3.05) is 0 Å². The second kappa shape index (κ2) is 5.80. The number of hydrogen-bond donors (Lipinski definition) is 0. The molecular formula is C12H13NO3. The Morgan fingerprint density at radius 2 is 1.88 bits per heavy atom. The van der Waals surface area contributed by atoms with Crippen LogP contribution in [0.4, 0.5) is 0 Å². The standard InChI is InChI=1S/C12H13NO3/c1-3-11(14)16-13-9(2)12(15)10-7-5-4-6-8-10/h4-8H,3H2,1-2H3/b13-9-. The second-order valence-corrected chi connectivity index (χ2v) is 3.19. The fourth-order valence-corrected chi connectivity index (χ4v) is 1.02. The summed E-state index contributed by atoms with van der Waals surface area (Å²) in [6, 6.07) is 8.71. The molecule has 0 saturated carbocycles. The minimum absolute atomic E-state index is 0.160. The first-order valence-corrected chi connectivity index (χ1v) is 4.99. The normalized spacial score (nSPS) is 11.0. The number of rotatable bonds is 4. The van der Waals surface area contributed by atoms with E-state index in [2.05, 4.69) is 9.99 Å². The van der Waals surface area contributed by atoms with Crippen molar-refractivity contribution >= 4 is 17.5 Å². The van der Waals surface area contributed by atoms with Crippen molar-refractivity contribution in [1.29, 1.82) is 0 Å². The zero-order chi connectivity index (χ0) is 12.0. The lowest BCUT2D eigenvalue weighted by atomic mass is 10.1. The van der Waals surface area contributed by atoms with Gasteiger partial charge in [0.2, 0.25) is 5.78 Å². The number of ketones is 1. The Hall–Kier alpha value is -1.97. The van der Waals surface area contributed by atoms with Crippen LogP contribution in [-0.2, 0) is 9.63 Å². The first-order chi connectivity index (χ1) is 7.65. The van der Waals surface area contributed by atoms with Gasteiger partial charge in [0.25, 0.3) is 0 Å². The van der Waals surface area contributed by atoms with Crippen LogP contribution in [-0.4, -0.2) is 17.5 Å². The molecular weight excluding hydrogens is 206 g/mol. The minimum atomic E-state index is -0.458. The molecule has 0 unspecified atom stereocenters. The quantitative estimate of drug-likeness (QED) is 0.337. The number of carbonyl (C=O) groups is 2. The average molecular weight is 219 g/mol. The van der Waals surface area contributed by atoms with E-state index in [1.807, 2.05) is 6.07 Å². The highest BCUT2D eigenvalue weighted by molar-refractivity contribution is 6.45. The van der Waals surface area contributed by atoms with E-state index in [0.29, 0.717) is 5.56 Å². The SMILES string of the molecule is CCC(=O)O/N=C(/C)C(=O)c1ccccc1. The molecule has 0 aliphatic rings. The van der Waals surface area contributed by atoms with Gasteiger partial charge in [0, 0.05) is 12.0 Å². The molecule has 0 aliphatic heterocycles. The van der Waals surface area contributed by atoms with Gasteiger partial charge >= 0.3 is 5.97 Å². The Labute approximate surface area is 93.9 Å². The molecule has 0 radical (unpaired) electrons. The van der Waals surface area contributed by atoms with Crippen molar-refractivity contribution < 1.29 is 14.4 Å². The summed E-state index contributed by atoms with van der Waals surface area (Å²) in [5.41, 5.74) is 0.685. The van der Waals surface area contributed by atoms with Crippen LogP contribution in [0.1, 0.15) is 30.6 Å². The number of benzene rings is 1. The van der Waals surface area contributed by atoms with E-state index >= 15 is 0 Å². The molecule has 1 aromatic carbocycles. The summed E-state index contributed by atoms with van der Waals surface area (Å²) in [5, 5.41) is 3.49. The van der Waals surface area contributed by atoms with Crippen LogP contribution in [0.2, 0.25) is 0 Å². The molecule has 0 amide bonds. The molecule has 84 valence electrons. The monoisotopic (exact) mass is 219 g/mol. The summed E-state index contributed by atoms with van der Waals surface area (Å²) in [6.07, 6.45) is 0.232. The predicted octanol–water partition coefficient (Wildman–Crippen LogP) is 2.20. The Morgan fingerprint density at radius 3 is 2.44 bits per heavy atom. The maximum atomic E-state index is 11.7. The third-order valence-electron chi connectivity index (χ3n) is 1.94. The molecule has 0 aromatic heterocycles. The van der Waals surface area contributed by atoms with Gasteiger partial charge in [0.1, 0.15) is 5.71 Å². The van der Waals surface area contributed by atoms with Gasteiger partial charge in [-0.05, 0) is 6.92 Å². The highest BCUT2D eigenvalue weighted by Gasteiger charge is 2.10. The van der Waals surface area contributed by atoms with Gasteiger partial charge in [-0.15, -0.1) is 0 Å². The minimum Gasteiger partial charge on any atom is -0.318 e. The summed E-state index contributed by atoms with van der Waals surface area (Å²) in [7, 11) is 0. The van der Waals surface area contributed by atoms with E-state index < -0.39 is 5.97 Å². The van der Waals surface area contributed by atoms with Gasteiger partial charge in [0.15, 0.2) is 0 Å². The lowest BCUT2D eigenvalue weighted by Gasteiger charge is -1.99. The lowest BCUT2D eigenvalue weighted by Crippen LogP contribution is -2.12. The molecule has 1 rings (SSSR count). The zero-order valence-electron chi connectivity index (χ0n) is 9.27. The maximum absolute atomic E-state index is 11.7. The van der Waals surface area contributed by atoms with Gasteiger partial charge in [0.05, 0.1) is 0 Å². The summed E-state index contributed by atoms with van der Waals surface area (Å²) >= 11 is 0. The highest BCUT2D eigenvalue weighted by atomic mass is 16.7. The number of hydrogen-bond acceptors (Lipinski definition) is 4. The molecule has 0 atom stereocenters. The Morgan fingerprint density at radius 1 is 1.25 bits per heavy atom. The summed E-state index contributed by atoms with van der Waals surface area (Å²) in [5.74, 6) is -0.704. The van der Waals surface area contributed by atoms with Gasteiger partial charge in [-0.3, -0.25) is 4.79 Å². The van der Waals surface area contributed by atoms with Gasteiger partial charge in [-0.1, -0.05) is 42.4 Å². The van der Waals surface area contributed by atoms with E-state index in [-0.39, 0.29) is 17.9 Å². The molecule has 1 aromatic rings. The average Bonchev–Trinajstić information content (AvgIpc) is 2.35. The number of nitrogens with zero attached hydrogens (tertiary/aromatic N) is 1. The molecule has 0 fully saturated rings. The largest absolute Gasteiger partial charge is 0.334 e. The van der Waals surface area contributed by atoms with Gasteiger partial charge in [-0.25, -0.2) is 4.79 Å². The first kappa shape index (κ1) is 12.1. The Bertz CT molecular complexity index is 410. The van der Waals surface area contributed by atoms with Crippen molar-refractivity contribution in [3.63, 3.8) is 0 Å². The van der Waals surface area contributed by atoms with Gasteiger partial charge in [-0.2, -0.15) is 0 Å². The second-order valence-electron chi connectivity index (χ2n) is 3.19. The van der Waals surface area contributed by atoms with Gasteiger partial charge < -0.3 is 4.84 Å². The van der Waals surface area contributed by atoms with E-state index in [0.717, 1.165) is 0 Å². The molecule has 0 saturated heterocycles. The zero-order valence-corrected chi connectivity index (χ0v) is 9.27. The van der Waals surface area contributed by atoms with E-state index in [1.165, 1.54) is 6.92 Å². The van der Waals surface area contributed by atoms with Crippen LogP contribution in [0.3, 0.4) is 0 Å². The summed E-state index contributed by atoms with van der Waals surface area (Å²) < 4.78 is 0. The molecule has 0 N–H and O–H groups in total. The fraction of sp³-hybridized carbons (Fsp3) is 0.250. The van der Waals surface area contributed by atoms with Crippen LogP contribution in [0.25, 0.3) is 0 Å². The van der Waals surface area contributed by atoms with Crippen LogP contribution >= 0.6 is 0 Å². The van der Waals surface area contributed by atoms with E-state index in [9.17, 15) is 9.59 Å². The highest BCUT2D eigenvalue weighted by Crippen LogP contribution is 2.02. The van der Waals surface area contributed by atoms with Crippen LogP contribution in [0, 0.1) is 0 Å². The fourth-order valence-electron chi connectivity index (χ4n) is 1.02. The number of carbonyl (C=O) groups excluding carboxylic acids is 2. The van der Waals surface area contributed by atoms with E-state index in [4.69, 9.17) is 0 Å². The van der Waals surface area contributed by atoms with E-state index in [1.54, 1.807) is 31.2 Å².